The second-order valence-corrected chi connectivity index (χ2v) is 11.7. The number of carbonyl (C=O) groups is 2. The van der Waals surface area contributed by atoms with Crippen LogP contribution in [0.4, 0.5) is 17.1 Å². The number of benzene rings is 3. The van der Waals surface area contributed by atoms with Crippen LogP contribution < -0.4 is 11.1 Å². The molecule has 0 spiro atoms. The number of nitrogen functional groups attached to an aromatic ring is 1. The molecule has 4 rings (SSSR count). The van der Waals surface area contributed by atoms with Crippen molar-refractivity contribution in [3.05, 3.63) is 85.8 Å². The molecule has 1 aliphatic heterocycles. The van der Waals surface area contributed by atoms with E-state index in [9.17, 15) is 9.59 Å². The van der Waals surface area contributed by atoms with E-state index in [2.05, 4.69) is 21.2 Å². The maximum atomic E-state index is 12.8. The van der Waals surface area contributed by atoms with Crippen molar-refractivity contribution in [3.63, 3.8) is 0 Å². The van der Waals surface area contributed by atoms with Gasteiger partial charge in [0.25, 0.3) is 0 Å². The van der Waals surface area contributed by atoms with Crippen LogP contribution in [0.5, 0.6) is 0 Å². The van der Waals surface area contributed by atoms with Gasteiger partial charge >= 0.3 is 11.9 Å². The van der Waals surface area contributed by atoms with Crippen LogP contribution in [0.15, 0.2) is 64.1 Å². The average Bonchev–Trinajstić information content (AvgIpc) is 2.95. The lowest BCUT2D eigenvalue weighted by molar-refractivity contribution is -0.143. The number of anilines is 3. The molecule has 0 fully saturated rings. The number of ether oxygens (including phenoxy) is 2. The second kappa shape index (κ2) is 16.0. The van der Waals surface area contributed by atoms with E-state index >= 15 is 0 Å². The van der Waals surface area contributed by atoms with Crippen molar-refractivity contribution in [1.29, 1.82) is 0 Å². The maximum Gasteiger partial charge on any atom is 0.338 e. The smallest absolute Gasteiger partial charge is 0.338 e. The van der Waals surface area contributed by atoms with E-state index in [0.717, 1.165) is 48.3 Å². The zero-order valence-electron chi connectivity index (χ0n) is 23.3. The fourth-order valence-electron chi connectivity index (χ4n) is 4.64. The van der Waals surface area contributed by atoms with Crippen LogP contribution in [0.2, 0.25) is 10.0 Å². The summed E-state index contributed by atoms with van der Waals surface area (Å²) in [6, 6.07) is 16.1. The topological polar surface area (TPSA) is 103 Å². The van der Waals surface area contributed by atoms with Gasteiger partial charge in [-0.05, 0) is 83.9 Å². The van der Waals surface area contributed by atoms with Crippen molar-refractivity contribution in [2.75, 3.05) is 30.8 Å². The van der Waals surface area contributed by atoms with Crippen molar-refractivity contribution in [3.8, 4) is 0 Å². The fraction of sp³-hybridized carbons (Fsp3) is 0.344. The van der Waals surface area contributed by atoms with Gasteiger partial charge < -0.3 is 20.5 Å². The molecule has 0 aromatic heterocycles. The Morgan fingerprint density at radius 3 is 2.43 bits per heavy atom. The zero-order chi connectivity index (χ0) is 29.9. The number of unbranched alkanes of at least 4 members (excludes halogenated alkanes) is 1. The Bertz CT molecular complexity index is 1430. The minimum absolute atomic E-state index is 0.0832. The third-order valence-corrected chi connectivity index (χ3v) is 8.20. The van der Waals surface area contributed by atoms with E-state index in [-0.39, 0.29) is 25.6 Å². The van der Waals surface area contributed by atoms with Gasteiger partial charge in [0.2, 0.25) is 0 Å². The molecule has 0 bridgehead atoms. The predicted molar refractivity (Wildman–Crippen MR) is 173 cm³/mol. The van der Waals surface area contributed by atoms with Gasteiger partial charge in [-0.1, -0.05) is 60.3 Å². The zero-order valence-corrected chi connectivity index (χ0v) is 26.4. The first-order chi connectivity index (χ1) is 20.3. The number of rotatable bonds is 11. The average molecular weight is 675 g/mol. The highest BCUT2D eigenvalue weighted by molar-refractivity contribution is 9.10. The summed E-state index contributed by atoms with van der Waals surface area (Å²) >= 11 is 16.0. The summed E-state index contributed by atoms with van der Waals surface area (Å²) in [5.74, 6) is -0.786. The number of esters is 2. The highest BCUT2D eigenvalue weighted by Gasteiger charge is 2.18. The number of halogens is 3. The highest BCUT2D eigenvalue weighted by Crippen LogP contribution is 2.34. The van der Waals surface area contributed by atoms with Crippen LogP contribution in [-0.2, 0) is 20.7 Å². The van der Waals surface area contributed by atoms with Gasteiger partial charge in [0.05, 0.1) is 46.6 Å². The molecule has 10 heteroatoms. The van der Waals surface area contributed by atoms with E-state index in [1.165, 1.54) is 12.8 Å². The van der Waals surface area contributed by atoms with Gasteiger partial charge in [-0.25, -0.2) is 4.79 Å². The number of para-hydroxylation sites is 2. The van der Waals surface area contributed by atoms with E-state index in [1.54, 1.807) is 30.3 Å². The molecule has 0 saturated heterocycles. The summed E-state index contributed by atoms with van der Waals surface area (Å²) in [5, 5.41) is 4.18. The monoisotopic (exact) mass is 673 g/mol. The molecular weight excluding hydrogens is 641 g/mol. The minimum Gasteiger partial charge on any atom is -0.465 e. The molecule has 3 aromatic carbocycles. The molecular formula is C32H34BrCl2N3O4. The standard InChI is InChI=1S/C32H34BrCl2N3O4/c33-24-19-22(18-23(30(24)36)28-14-3-1-2-6-15-37-28)32(40)42-17-8-7-16-41-29(39)20-21-10-4-5-13-27(21)38-31-25(34)11-9-12-26(31)35/h4-5,9-13,18-19,38H,1-3,6-8,14-17,20,36H2. The summed E-state index contributed by atoms with van der Waals surface area (Å²) < 4.78 is 11.6. The third kappa shape index (κ3) is 8.96. The van der Waals surface area contributed by atoms with E-state index < -0.39 is 5.97 Å². The molecule has 222 valence electrons. The number of nitrogens with one attached hydrogen (secondary N) is 1. The number of hydrogen-bond donors (Lipinski definition) is 2. The number of hydrogen-bond acceptors (Lipinski definition) is 7. The number of aliphatic imine (C=N–C) groups is 1. The van der Waals surface area contributed by atoms with Crippen LogP contribution >= 0.6 is 39.1 Å². The fourth-order valence-corrected chi connectivity index (χ4v) is 5.59. The molecule has 3 N–H and O–H groups in total. The van der Waals surface area contributed by atoms with Gasteiger partial charge in [-0.2, -0.15) is 0 Å². The SMILES string of the molecule is Nc1c(Br)cc(C(=O)OCCCCOC(=O)Cc2ccccc2Nc2c(Cl)cccc2Cl)cc1C1=NCCCCCC1. The Morgan fingerprint density at radius 2 is 1.64 bits per heavy atom. The molecule has 1 aliphatic rings. The van der Waals surface area contributed by atoms with Gasteiger partial charge in [0.15, 0.2) is 0 Å². The minimum atomic E-state index is -0.428. The Balaban J connectivity index is 1.23. The predicted octanol–water partition coefficient (Wildman–Crippen LogP) is 8.56. The van der Waals surface area contributed by atoms with Crippen molar-refractivity contribution in [1.82, 2.24) is 0 Å². The molecule has 0 amide bonds. The lowest BCUT2D eigenvalue weighted by atomic mass is 9.98. The van der Waals surface area contributed by atoms with Crippen LogP contribution in [0.1, 0.15) is 66.4 Å². The van der Waals surface area contributed by atoms with Gasteiger partial charge in [-0.15, -0.1) is 0 Å². The molecule has 0 atom stereocenters. The molecule has 3 aromatic rings. The van der Waals surface area contributed by atoms with Crippen LogP contribution in [0.25, 0.3) is 0 Å². The Morgan fingerprint density at radius 1 is 0.929 bits per heavy atom. The molecule has 0 saturated carbocycles. The quantitative estimate of drug-likeness (QED) is 0.120. The van der Waals surface area contributed by atoms with Gasteiger partial charge in [0.1, 0.15) is 0 Å². The molecule has 0 radical (unpaired) electrons. The van der Waals surface area contributed by atoms with E-state index in [1.807, 2.05) is 24.3 Å². The van der Waals surface area contributed by atoms with Gasteiger partial charge in [0, 0.05) is 28.0 Å². The molecule has 0 aliphatic carbocycles. The van der Waals surface area contributed by atoms with Crippen LogP contribution in [0, 0.1) is 0 Å². The first kappa shape index (κ1) is 31.9. The van der Waals surface area contributed by atoms with Crippen LogP contribution in [0.3, 0.4) is 0 Å². The second-order valence-electron chi connectivity index (χ2n) is 10.0. The lowest BCUT2D eigenvalue weighted by Gasteiger charge is -2.15. The first-order valence-corrected chi connectivity index (χ1v) is 15.6. The number of carbonyl (C=O) groups excluding carboxylic acids is 2. The van der Waals surface area contributed by atoms with Crippen molar-refractivity contribution < 1.29 is 19.1 Å². The summed E-state index contributed by atoms with van der Waals surface area (Å²) in [6.45, 7) is 1.20. The lowest BCUT2D eigenvalue weighted by Crippen LogP contribution is -2.13. The van der Waals surface area contributed by atoms with Crippen molar-refractivity contribution in [2.45, 2.75) is 51.4 Å². The number of nitrogens with two attached hydrogens (primary N) is 1. The summed E-state index contributed by atoms with van der Waals surface area (Å²) in [7, 11) is 0. The summed E-state index contributed by atoms with van der Waals surface area (Å²) in [4.78, 5) is 30.0. The normalized spacial score (nSPS) is 13.5. The molecule has 1 heterocycles. The Hall–Kier alpha value is -3.07. The molecule has 7 nitrogen and oxygen atoms in total. The van der Waals surface area contributed by atoms with Crippen molar-refractivity contribution in [2.24, 2.45) is 4.99 Å². The largest absolute Gasteiger partial charge is 0.465 e. The Labute approximate surface area is 264 Å². The molecule has 42 heavy (non-hydrogen) atoms. The highest BCUT2D eigenvalue weighted by atomic mass is 79.9. The first-order valence-electron chi connectivity index (χ1n) is 14.1. The third-order valence-electron chi connectivity index (χ3n) is 6.91. The van der Waals surface area contributed by atoms with E-state index in [4.69, 9.17) is 43.4 Å². The molecule has 0 unspecified atom stereocenters. The van der Waals surface area contributed by atoms with E-state index in [0.29, 0.717) is 44.3 Å². The summed E-state index contributed by atoms with van der Waals surface area (Å²) in [6.07, 6.45) is 6.50. The number of nitrogens with zero attached hydrogens (tertiary/aromatic N) is 1. The van der Waals surface area contributed by atoms with Gasteiger partial charge in [-0.3, -0.25) is 9.79 Å². The Kier molecular flexibility index (Phi) is 12.1. The van der Waals surface area contributed by atoms with Crippen molar-refractivity contribution >= 4 is 73.8 Å². The van der Waals surface area contributed by atoms with Crippen LogP contribution in [-0.4, -0.2) is 37.4 Å². The summed E-state index contributed by atoms with van der Waals surface area (Å²) in [5.41, 5.74) is 11.1. The maximum absolute atomic E-state index is 12.8.